The average Bonchev–Trinajstić information content (AvgIpc) is 3.21. The van der Waals surface area contributed by atoms with Crippen LogP contribution in [0.3, 0.4) is 0 Å². The van der Waals surface area contributed by atoms with E-state index in [0.29, 0.717) is 18.5 Å². The van der Waals surface area contributed by atoms with Crippen LogP contribution in [0.4, 0.5) is 0 Å². The molecule has 0 radical (unpaired) electrons. The molecule has 1 aromatic carbocycles. The maximum absolute atomic E-state index is 13.0. The fourth-order valence-corrected chi connectivity index (χ4v) is 4.91. The second kappa shape index (κ2) is 6.81. The summed E-state index contributed by atoms with van der Waals surface area (Å²) < 4.78 is 25.5. The van der Waals surface area contributed by atoms with Crippen LogP contribution in [0.25, 0.3) is 5.69 Å². The number of rotatable bonds is 5. The minimum absolute atomic E-state index is 0.0794. The average molecular weight is 346 g/mol. The number of benzene rings is 1. The third kappa shape index (κ3) is 3.53. The number of aromatic nitrogens is 1. The van der Waals surface area contributed by atoms with Crippen molar-refractivity contribution >= 4 is 15.7 Å². The monoisotopic (exact) mass is 346 g/mol. The number of hydrogen-bond donors (Lipinski definition) is 0. The molecule has 1 aliphatic rings. The molecular formula is C18H22N2O3S. The molecule has 0 bridgehead atoms. The molecule has 0 N–H and O–H groups in total. The van der Waals surface area contributed by atoms with E-state index in [2.05, 4.69) is 0 Å². The topological polar surface area (TPSA) is 59.4 Å². The lowest BCUT2D eigenvalue weighted by atomic mass is 10.1. The van der Waals surface area contributed by atoms with Crippen molar-refractivity contribution in [3.63, 3.8) is 0 Å². The standard InChI is InChI=1S/C18H22N2O3S/c1-2-9-20(17-8-12-24(22,23)14-17)18(21)15-6-5-7-16(13-15)19-10-3-4-11-19/h3-7,10-11,13,17H,2,8-9,12,14H2,1H3/t17-/m1/s1. The van der Waals surface area contributed by atoms with Crippen molar-refractivity contribution in [1.29, 1.82) is 0 Å². The van der Waals surface area contributed by atoms with Gasteiger partial charge in [0.1, 0.15) is 0 Å². The molecule has 1 aromatic heterocycles. The lowest BCUT2D eigenvalue weighted by Gasteiger charge is -2.28. The zero-order valence-corrected chi connectivity index (χ0v) is 14.6. The molecule has 2 heterocycles. The van der Waals surface area contributed by atoms with Crippen LogP contribution in [0.2, 0.25) is 0 Å². The zero-order chi connectivity index (χ0) is 17.2. The lowest BCUT2D eigenvalue weighted by molar-refractivity contribution is 0.0697. The van der Waals surface area contributed by atoms with Gasteiger partial charge in [0, 0.05) is 36.2 Å². The van der Waals surface area contributed by atoms with E-state index < -0.39 is 9.84 Å². The highest BCUT2D eigenvalue weighted by Crippen LogP contribution is 2.21. The van der Waals surface area contributed by atoms with E-state index in [1.807, 2.05) is 54.2 Å². The van der Waals surface area contributed by atoms with Gasteiger partial charge in [-0.05, 0) is 43.2 Å². The Morgan fingerprint density at radius 1 is 1.25 bits per heavy atom. The van der Waals surface area contributed by atoms with E-state index in [0.717, 1.165) is 12.1 Å². The predicted octanol–water partition coefficient (Wildman–Crippen LogP) is 2.52. The highest BCUT2D eigenvalue weighted by molar-refractivity contribution is 7.91. The molecule has 24 heavy (non-hydrogen) atoms. The third-order valence-electron chi connectivity index (χ3n) is 4.37. The molecule has 5 nitrogen and oxygen atoms in total. The van der Waals surface area contributed by atoms with Crippen LogP contribution in [-0.2, 0) is 9.84 Å². The summed E-state index contributed by atoms with van der Waals surface area (Å²) in [4.78, 5) is 14.7. The Labute approximate surface area is 142 Å². The lowest BCUT2D eigenvalue weighted by Crippen LogP contribution is -2.41. The first-order valence-electron chi connectivity index (χ1n) is 8.25. The summed E-state index contributed by atoms with van der Waals surface area (Å²) >= 11 is 0. The Kier molecular flexibility index (Phi) is 4.76. The maximum atomic E-state index is 13.0. The number of carbonyl (C=O) groups excluding carboxylic acids is 1. The second-order valence-electron chi connectivity index (χ2n) is 6.20. The number of sulfone groups is 1. The molecule has 1 atom stereocenters. The molecule has 0 spiro atoms. The Balaban J connectivity index is 1.87. The molecule has 0 unspecified atom stereocenters. The smallest absolute Gasteiger partial charge is 0.254 e. The largest absolute Gasteiger partial charge is 0.335 e. The molecule has 0 saturated carbocycles. The van der Waals surface area contributed by atoms with Crippen molar-refractivity contribution in [3.05, 3.63) is 54.4 Å². The van der Waals surface area contributed by atoms with Gasteiger partial charge in [0.25, 0.3) is 5.91 Å². The fraction of sp³-hybridized carbons (Fsp3) is 0.389. The van der Waals surface area contributed by atoms with Crippen LogP contribution < -0.4 is 0 Å². The first-order valence-corrected chi connectivity index (χ1v) is 10.1. The Hall–Kier alpha value is -2.08. The van der Waals surface area contributed by atoms with Crippen molar-refractivity contribution in [1.82, 2.24) is 9.47 Å². The molecule has 1 aliphatic heterocycles. The maximum Gasteiger partial charge on any atom is 0.254 e. The van der Waals surface area contributed by atoms with E-state index in [1.54, 1.807) is 11.0 Å². The van der Waals surface area contributed by atoms with Crippen LogP contribution >= 0.6 is 0 Å². The van der Waals surface area contributed by atoms with Crippen molar-refractivity contribution < 1.29 is 13.2 Å². The summed E-state index contributed by atoms with van der Waals surface area (Å²) in [5.74, 6) is 0.165. The minimum atomic E-state index is -3.02. The van der Waals surface area contributed by atoms with Gasteiger partial charge in [-0.3, -0.25) is 4.79 Å². The summed E-state index contributed by atoms with van der Waals surface area (Å²) in [6.45, 7) is 2.58. The summed E-state index contributed by atoms with van der Waals surface area (Å²) in [5, 5.41) is 0. The molecule has 128 valence electrons. The van der Waals surface area contributed by atoms with Crippen LogP contribution in [0, 0.1) is 0 Å². The predicted molar refractivity (Wildman–Crippen MR) is 94.2 cm³/mol. The Morgan fingerprint density at radius 2 is 2.00 bits per heavy atom. The highest BCUT2D eigenvalue weighted by Gasteiger charge is 2.34. The number of carbonyl (C=O) groups is 1. The van der Waals surface area contributed by atoms with Crippen molar-refractivity contribution in [2.75, 3.05) is 18.1 Å². The molecular weight excluding hydrogens is 324 g/mol. The van der Waals surface area contributed by atoms with Crippen LogP contribution in [0.1, 0.15) is 30.1 Å². The third-order valence-corrected chi connectivity index (χ3v) is 6.12. The molecule has 1 saturated heterocycles. The number of amides is 1. The second-order valence-corrected chi connectivity index (χ2v) is 8.42. The molecule has 1 fully saturated rings. The van der Waals surface area contributed by atoms with E-state index in [9.17, 15) is 13.2 Å². The molecule has 1 amide bonds. The van der Waals surface area contributed by atoms with E-state index in [1.165, 1.54) is 0 Å². The molecule has 0 aliphatic carbocycles. The van der Waals surface area contributed by atoms with Gasteiger partial charge in [-0.15, -0.1) is 0 Å². The van der Waals surface area contributed by atoms with E-state index in [-0.39, 0.29) is 23.5 Å². The first-order chi connectivity index (χ1) is 11.5. The van der Waals surface area contributed by atoms with Crippen LogP contribution in [0.5, 0.6) is 0 Å². The molecule has 6 heteroatoms. The Bertz CT molecular complexity index is 813. The van der Waals surface area contributed by atoms with Gasteiger partial charge < -0.3 is 9.47 Å². The van der Waals surface area contributed by atoms with Gasteiger partial charge in [0.15, 0.2) is 9.84 Å². The quantitative estimate of drug-likeness (QED) is 0.836. The molecule has 2 aromatic rings. The number of nitrogens with zero attached hydrogens (tertiary/aromatic N) is 2. The number of hydrogen-bond acceptors (Lipinski definition) is 3. The minimum Gasteiger partial charge on any atom is -0.335 e. The summed E-state index contributed by atoms with van der Waals surface area (Å²) in [6.07, 6.45) is 5.19. The van der Waals surface area contributed by atoms with Gasteiger partial charge in [-0.2, -0.15) is 0 Å². The van der Waals surface area contributed by atoms with Crippen molar-refractivity contribution in [2.45, 2.75) is 25.8 Å². The fourth-order valence-electron chi connectivity index (χ4n) is 3.18. The van der Waals surface area contributed by atoms with Crippen molar-refractivity contribution in [2.24, 2.45) is 0 Å². The normalized spacial score (nSPS) is 19.3. The van der Waals surface area contributed by atoms with E-state index in [4.69, 9.17) is 0 Å². The molecule has 3 rings (SSSR count). The van der Waals surface area contributed by atoms with Gasteiger partial charge >= 0.3 is 0 Å². The highest BCUT2D eigenvalue weighted by atomic mass is 32.2. The Morgan fingerprint density at radius 3 is 2.62 bits per heavy atom. The van der Waals surface area contributed by atoms with Gasteiger partial charge in [0.05, 0.1) is 11.5 Å². The van der Waals surface area contributed by atoms with Crippen molar-refractivity contribution in [3.8, 4) is 5.69 Å². The summed E-state index contributed by atoms with van der Waals surface area (Å²) in [7, 11) is -3.02. The first kappa shape index (κ1) is 16.8. The van der Waals surface area contributed by atoms with Gasteiger partial charge in [0.2, 0.25) is 0 Å². The summed E-state index contributed by atoms with van der Waals surface area (Å²) in [5.41, 5.74) is 1.51. The van der Waals surface area contributed by atoms with Gasteiger partial charge in [-0.25, -0.2) is 8.42 Å². The van der Waals surface area contributed by atoms with E-state index >= 15 is 0 Å². The SMILES string of the molecule is CCCN(C(=O)c1cccc(-n2cccc2)c1)[C@@H]1CCS(=O)(=O)C1. The zero-order valence-electron chi connectivity index (χ0n) is 13.8. The van der Waals surface area contributed by atoms with Crippen LogP contribution in [0.15, 0.2) is 48.8 Å². The van der Waals surface area contributed by atoms with Crippen LogP contribution in [-0.4, -0.2) is 47.9 Å². The summed E-state index contributed by atoms with van der Waals surface area (Å²) in [6, 6.07) is 11.1. The van der Waals surface area contributed by atoms with Gasteiger partial charge in [-0.1, -0.05) is 13.0 Å².